The van der Waals surface area contributed by atoms with Gasteiger partial charge in [-0.2, -0.15) is 0 Å². The average Bonchev–Trinajstić information content (AvgIpc) is 3.22. The van der Waals surface area contributed by atoms with E-state index in [9.17, 15) is 14.7 Å². The number of nitrogens with zero attached hydrogens (tertiary/aromatic N) is 4. The van der Waals surface area contributed by atoms with Crippen LogP contribution < -0.4 is 16.0 Å². The maximum atomic E-state index is 12.3. The van der Waals surface area contributed by atoms with E-state index in [-0.39, 0.29) is 10.7 Å². The van der Waals surface area contributed by atoms with Gasteiger partial charge in [-0.15, -0.1) is 10.2 Å². The smallest absolute Gasteiger partial charge is 0.335 e. The van der Waals surface area contributed by atoms with Crippen molar-refractivity contribution in [2.24, 2.45) is 4.99 Å². The van der Waals surface area contributed by atoms with E-state index in [4.69, 9.17) is 4.74 Å². The quantitative estimate of drug-likeness (QED) is 0.465. The fourth-order valence-corrected chi connectivity index (χ4v) is 3.59. The van der Waals surface area contributed by atoms with Gasteiger partial charge in [-0.3, -0.25) is 9.78 Å². The first-order chi connectivity index (χ1) is 15.0. The molecule has 2 N–H and O–H groups in total. The number of benzene rings is 2. The van der Waals surface area contributed by atoms with Crippen molar-refractivity contribution < 1.29 is 9.84 Å². The molecule has 9 nitrogen and oxygen atoms in total. The van der Waals surface area contributed by atoms with Crippen molar-refractivity contribution in [2.45, 2.75) is 6.92 Å². The number of aliphatic imine (C=N–C) groups is 1. The molecule has 0 spiro atoms. The predicted octanol–water partition coefficient (Wildman–Crippen LogP) is 2.82. The van der Waals surface area contributed by atoms with Crippen LogP contribution in [-0.2, 0) is 0 Å². The first-order valence-corrected chi connectivity index (χ1v) is 9.95. The molecule has 0 unspecified atom stereocenters. The first kappa shape index (κ1) is 20.2. The van der Waals surface area contributed by atoms with E-state index in [2.05, 4.69) is 20.2 Å². The van der Waals surface area contributed by atoms with E-state index in [1.54, 1.807) is 25.3 Å². The van der Waals surface area contributed by atoms with Gasteiger partial charge in [0.05, 0.1) is 12.8 Å². The van der Waals surface area contributed by atoms with Crippen molar-refractivity contribution in [1.29, 1.82) is 0 Å². The molecule has 0 bridgehead atoms. The molecule has 2 heterocycles. The Morgan fingerprint density at radius 1 is 1.16 bits per heavy atom. The summed E-state index contributed by atoms with van der Waals surface area (Å²) in [6.07, 6.45) is 1.16. The minimum atomic E-state index is -0.755. The summed E-state index contributed by atoms with van der Waals surface area (Å²) in [6.45, 7) is 1.86. The molecule has 31 heavy (non-hydrogen) atoms. The number of nitrogens with one attached hydrogen (secondary N) is 1. The van der Waals surface area contributed by atoms with Gasteiger partial charge in [0.15, 0.2) is 0 Å². The number of ether oxygens (including phenoxy) is 1. The molecule has 0 aliphatic heterocycles. The van der Waals surface area contributed by atoms with Gasteiger partial charge in [-0.05, 0) is 48.9 Å². The van der Waals surface area contributed by atoms with Crippen LogP contribution in [0.25, 0.3) is 16.3 Å². The summed E-state index contributed by atoms with van der Waals surface area (Å²) in [6, 6.07) is 14.3. The maximum Gasteiger partial charge on any atom is 0.335 e. The number of H-pyrrole nitrogens is 1. The second kappa shape index (κ2) is 8.36. The topological polar surface area (TPSA) is 122 Å². The van der Waals surface area contributed by atoms with Crippen molar-refractivity contribution >= 4 is 22.7 Å². The Kier molecular flexibility index (Phi) is 5.46. The van der Waals surface area contributed by atoms with Crippen LogP contribution in [0.2, 0.25) is 0 Å². The Labute approximate surface area is 180 Å². The molecular weight excluding hydrogens is 418 g/mol. The van der Waals surface area contributed by atoms with E-state index in [1.165, 1.54) is 11.3 Å². The van der Waals surface area contributed by atoms with Crippen LogP contribution in [0.15, 0.2) is 63.1 Å². The molecule has 4 rings (SSSR count). The van der Waals surface area contributed by atoms with Gasteiger partial charge in [-0.1, -0.05) is 23.5 Å². The highest BCUT2D eigenvalue weighted by molar-refractivity contribution is 7.18. The molecule has 0 saturated carbocycles. The standard InChI is InChI=1S/C21H17N5O4S/c1-12-4-3-5-14(10-12)26-19(28)16(17(27)23-21(26)29)11-22-20-25-24-18(31-20)13-6-8-15(30-2)9-7-13/h3-11,28H,1-2H3,(H,23,27,29)/b22-11+. The van der Waals surface area contributed by atoms with E-state index < -0.39 is 17.1 Å². The van der Waals surface area contributed by atoms with Crippen molar-refractivity contribution in [3.05, 3.63) is 80.5 Å². The zero-order chi connectivity index (χ0) is 22.0. The monoisotopic (exact) mass is 435 g/mol. The average molecular weight is 435 g/mol. The second-order valence-corrected chi connectivity index (χ2v) is 7.50. The number of methoxy groups -OCH3 is 1. The van der Waals surface area contributed by atoms with Crippen LogP contribution in [0, 0.1) is 6.92 Å². The van der Waals surface area contributed by atoms with Gasteiger partial charge >= 0.3 is 5.69 Å². The molecule has 2 aromatic heterocycles. The van der Waals surface area contributed by atoms with Crippen molar-refractivity contribution in [2.75, 3.05) is 7.11 Å². The van der Waals surface area contributed by atoms with Crippen molar-refractivity contribution in [3.8, 4) is 27.9 Å². The highest BCUT2D eigenvalue weighted by Crippen LogP contribution is 2.29. The third-order valence-corrected chi connectivity index (χ3v) is 5.32. The molecule has 0 amide bonds. The summed E-state index contributed by atoms with van der Waals surface area (Å²) in [4.78, 5) is 30.9. The van der Waals surface area contributed by atoms with Crippen molar-refractivity contribution in [3.63, 3.8) is 0 Å². The first-order valence-electron chi connectivity index (χ1n) is 9.13. The number of aryl methyl sites for hydroxylation is 1. The molecular formula is C21H17N5O4S. The lowest BCUT2D eigenvalue weighted by Crippen LogP contribution is -2.31. The minimum absolute atomic E-state index is 0.165. The number of hydrogen-bond acceptors (Lipinski definition) is 8. The Hall–Kier alpha value is -4.05. The highest BCUT2D eigenvalue weighted by Gasteiger charge is 2.15. The zero-order valence-electron chi connectivity index (χ0n) is 16.6. The molecule has 156 valence electrons. The van der Waals surface area contributed by atoms with Gasteiger partial charge in [0, 0.05) is 11.8 Å². The number of aromatic amines is 1. The van der Waals surface area contributed by atoms with Crippen molar-refractivity contribution in [1.82, 2.24) is 19.7 Å². The molecule has 2 aromatic carbocycles. The van der Waals surface area contributed by atoms with Gasteiger partial charge in [0.25, 0.3) is 5.56 Å². The maximum absolute atomic E-state index is 12.3. The second-order valence-electron chi connectivity index (χ2n) is 6.55. The molecule has 0 saturated heterocycles. The van der Waals surface area contributed by atoms with E-state index in [0.29, 0.717) is 10.7 Å². The molecule has 4 aromatic rings. The molecule has 0 aliphatic carbocycles. The fraction of sp³-hybridized carbons (Fsp3) is 0.0952. The van der Waals surface area contributed by atoms with Crippen LogP contribution in [0.3, 0.4) is 0 Å². The number of aromatic hydroxyl groups is 1. The molecule has 0 fully saturated rings. The highest BCUT2D eigenvalue weighted by atomic mass is 32.1. The van der Waals surface area contributed by atoms with Crippen LogP contribution in [0.4, 0.5) is 5.13 Å². The third kappa shape index (κ3) is 4.14. The van der Waals surface area contributed by atoms with Crippen LogP contribution in [-0.4, -0.2) is 38.2 Å². The largest absolute Gasteiger partial charge is 0.497 e. The van der Waals surface area contributed by atoms with Gasteiger partial charge in [0.2, 0.25) is 11.0 Å². The summed E-state index contributed by atoms with van der Waals surface area (Å²) < 4.78 is 6.15. The van der Waals surface area contributed by atoms with Crippen LogP contribution in [0.1, 0.15) is 11.1 Å². The SMILES string of the molecule is COc1ccc(-c2nnc(/N=C/c3c(O)n(-c4cccc(C)c4)c(=O)[nH]c3=O)s2)cc1. The third-order valence-electron chi connectivity index (χ3n) is 4.44. The predicted molar refractivity (Wildman–Crippen MR) is 118 cm³/mol. The number of rotatable bonds is 5. The summed E-state index contributed by atoms with van der Waals surface area (Å²) >= 11 is 1.21. The Balaban J connectivity index is 1.68. The molecule has 0 radical (unpaired) electrons. The molecule has 10 heteroatoms. The lowest BCUT2D eigenvalue weighted by Gasteiger charge is -2.09. The van der Waals surface area contributed by atoms with Crippen LogP contribution in [0.5, 0.6) is 11.6 Å². The Morgan fingerprint density at radius 3 is 2.65 bits per heavy atom. The van der Waals surface area contributed by atoms with Crippen LogP contribution >= 0.6 is 11.3 Å². The molecule has 0 atom stereocenters. The lowest BCUT2D eigenvalue weighted by atomic mass is 10.2. The summed E-state index contributed by atoms with van der Waals surface area (Å²) in [5, 5.41) is 19.6. The minimum Gasteiger partial charge on any atom is -0.497 e. The lowest BCUT2D eigenvalue weighted by molar-refractivity contribution is 0.415. The Morgan fingerprint density at radius 2 is 1.94 bits per heavy atom. The Bertz CT molecular complexity index is 1390. The summed E-state index contributed by atoms with van der Waals surface area (Å²) in [5.41, 5.74) is 0.491. The fourth-order valence-electron chi connectivity index (χ4n) is 2.90. The van der Waals surface area contributed by atoms with Gasteiger partial charge < -0.3 is 9.84 Å². The normalized spacial score (nSPS) is 11.2. The number of aromatic nitrogens is 4. The summed E-state index contributed by atoms with van der Waals surface area (Å²) in [7, 11) is 1.59. The van der Waals surface area contributed by atoms with E-state index >= 15 is 0 Å². The van der Waals surface area contributed by atoms with E-state index in [1.807, 2.05) is 37.3 Å². The molecule has 0 aliphatic rings. The summed E-state index contributed by atoms with van der Waals surface area (Å²) in [5.74, 6) is 0.216. The van der Waals surface area contributed by atoms with Gasteiger partial charge in [-0.25, -0.2) is 14.4 Å². The van der Waals surface area contributed by atoms with E-state index in [0.717, 1.165) is 27.7 Å². The number of hydrogen-bond donors (Lipinski definition) is 2. The zero-order valence-corrected chi connectivity index (χ0v) is 17.4. The van der Waals surface area contributed by atoms with Gasteiger partial charge in [0.1, 0.15) is 16.3 Å².